The number of barbiturate groups is 1. The van der Waals surface area contributed by atoms with E-state index < -0.39 is 22.8 Å². The molecule has 1 saturated heterocycles. The maximum atomic E-state index is 12.9. The van der Waals surface area contributed by atoms with Crippen LogP contribution in [0.3, 0.4) is 0 Å². The highest BCUT2D eigenvalue weighted by Crippen LogP contribution is 2.28. The second kappa shape index (κ2) is 7.61. The van der Waals surface area contributed by atoms with Crippen LogP contribution in [-0.4, -0.2) is 29.9 Å². The van der Waals surface area contributed by atoms with Gasteiger partial charge in [0.05, 0.1) is 17.7 Å². The number of carbonyl (C=O) groups excluding carboxylic acids is 3. The number of ether oxygens (including phenoxy) is 1. The predicted octanol–water partition coefficient (Wildman–Crippen LogP) is 3.03. The van der Waals surface area contributed by atoms with Crippen molar-refractivity contribution in [2.24, 2.45) is 0 Å². The van der Waals surface area contributed by atoms with Crippen LogP contribution in [0.1, 0.15) is 5.56 Å². The average Bonchev–Trinajstić information content (AvgIpc) is 2.65. The topological polar surface area (TPSA) is 119 Å². The third kappa shape index (κ3) is 3.62. The number of methoxy groups -OCH3 is 1. The van der Waals surface area contributed by atoms with Gasteiger partial charge in [-0.15, -0.1) is 0 Å². The maximum absolute atomic E-state index is 12.9. The van der Waals surface area contributed by atoms with E-state index in [-0.39, 0.29) is 16.9 Å². The van der Waals surface area contributed by atoms with Gasteiger partial charge >= 0.3 is 6.03 Å². The lowest BCUT2D eigenvalue weighted by Gasteiger charge is -2.26. The first-order chi connectivity index (χ1) is 13.3. The third-order valence-corrected chi connectivity index (χ3v) is 4.39. The normalized spacial score (nSPS) is 15.6. The van der Waals surface area contributed by atoms with Crippen molar-refractivity contribution < 1.29 is 24.0 Å². The van der Waals surface area contributed by atoms with Crippen LogP contribution < -0.4 is 15.0 Å². The summed E-state index contributed by atoms with van der Waals surface area (Å²) in [5.74, 6) is -1.37. The van der Waals surface area contributed by atoms with Gasteiger partial charge in [0.25, 0.3) is 17.5 Å². The molecule has 2 aromatic carbocycles. The van der Waals surface area contributed by atoms with E-state index in [0.717, 1.165) is 6.07 Å². The number of nitrogens with one attached hydrogen (secondary N) is 1. The van der Waals surface area contributed by atoms with E-state index in [1.54, 1.807) is 18.2 Å². The SMILES string of the molecule is COc1ccc(Br)cc1/C=C1\C(=O)NC(=O)N(c2cccc([N+](=O)[O-])c2)C1=O. The lowest BCUT2D eigenvalue weighted by molar-refractivity contribution is -0.384. The second-order valence-corrected chi connectivity index (χ2v) is 6.54. The minimum absolute atomic E-state index is 0.0312. The Morgan fingerprint density at radius 2 is 1.93 bits per heavy atom. The van der Waals surface area contributed by atoms with Gasteiger partial charge in [0, 0.05) is 22.2 Å². The van der Waals surface area contributed by atoms with Crippen molar-refractivity contribution in [1.29, 1.82) is 0 Å². The molecule has 2 aromatic rings. The largest absolute Gasteiger partial charge is 0.496 e. The fraction of sp³-hybridized carbons (Fsp3) is 0.0556. The molecule has 1 N–H and O–H groups in total. The third-order valence-electron chi connectivity index (χ3n) is 3.89. The molecule has 1 aliphatic rings. The number of hydrogen-bond acceptors (Lipinski definition) is 6. The number of imide groups is 2. The Morgan fingerprint density at radius 3 is 2.61 bits per heavy atom. The summed E-state index contributed by atoms with van der Waals surface area (Å²) in [6.45, 7) is 0. The van der Waals surface area contributed by atoms with Crippen molar-refractivity contribution in [1.82, 2.24) is 5.32 Å². The minimum atomic E-state index is -0.992. The summed E-state index contributed by atoms with van der Waals surface area (Å²) in [5, 5.41) is 13.0. The van der Waals surface area contributed by atoms with Crippen molar-refractivity contribution in [3.63, 3.8) is 0 Å². The Labute approximate surface area is 166 Å². The van der Waals surface area contributed by atoms with Gasteiger partial charge < -0.3 is 4.74 Å². The average molecular weight is 446 g/mol. The number of halogens is 1. The molecular formula is C18H12BrN3O6. The minimum Gasteiger partial charge on any atom is -0.496 e. The first kappa shape index (κ1) is 19.2. The molecule has 0 aromatic heterocycles. The van der Waals surface area contributed by atoms with Crippen LogP contribution in [0.25, 0.3) is 6.08 Å². The summed E-state index contributed by atoms with van der Waals surface area (Å²) in [6, 6.07) is 9.01. The van der Waals surface area contributed by atoms with Crippen LogP contribution in [-0.2, 0) is 9.59 Å². The van der Waals surface area contributed by atoms with Crippen LogP contribution in [0.5, 0.6) is 5.75 Å². The number of nitro groups is 1. The second-order valence-electron chi connectivity index (χ2n) is 5.62. The molecule has 1 aliphatic heterocycles. The molecule has 0 radical (unpaired) electrons. The zero-order valence-corrected chi connectivity index (χ0v) is 15.9. The highest BCUT2D eigenvalue weighted by molar-refractivity contribution is 9.10. The lowest BCUT2D eigenvalue weighted by atomic mass is 10.1. The Hall–Kier alpha value is -3.53. The van der Waals surface area contributed by atoms with E-state index in [1.165, 1.54) is 31.4 Å². The molecule has 1 heterocycles. The summed E-state index contributed by atoms with van der Waals surface area (Å²) in [4.78, 5) is 48.3. The van der Waals surface area contributed by atoms with Gasteiger partial charge in [-0.1, -0.05) is 22.0 Å². The van der Waals surface area contributed by atoms with Gasteiger partial charge in [0.1, 0.15) is 11.3 Å². The van der Waals surface area contributed by atoms with Gasteiger partial charge in [0.15, 0.2) is 0 Å². The van der Waals surface area contributed by atoms with Gasteiger partial charge in [-0.2, -0.15) is 0 Å². The van der Waals surface area contributed by atoms with E-state index in [2.05, 4.69) is 21.2 Å². The quantitative estimate of drug-likeness (QED) is 0.334. The zero-order chi connectivity index (χ0) is 20.4. The van der Waals surface area contributed by atoms with Crippen molar-refractivity contribution in [2.45, 2.75) is 0 Å². The number of rotatable bonds is 4. The maximum Gasteiger partial charge on any atom is 0.335 e. The Balaban J connectivity index is 2.07. The van der Waals surface area contributed by atoms with Gasteiger partial charge in [-0.25, -0.2) is 9.69 Å². The lowest BCUT2D eigenvalue weighted by Crippen LogP contribution is -2.54. The molecule has 0 atom stereocenters. The number of benzene rings is 2. The van der Waals surface area contributed by atoms with E-state index in [0.29, 0.717) is 20.7 Å². The first-order valence-electron chi connectivity index (χ1n) is 7.81. The first-order valence-corrected chi connectivity index (χ1v) is 8.60. The van der Waals surface area contributed by atoms with Crippen molar-refractivity contribution >= 4 is 51.2 Å². The number of hydrogen-bond donors (Lipinski definition) is 1. The molecule has 10 heteroatoms. The van der Waals surface area contributed by atoms with Crippen LogP contribution in [0.4, 0.5) is 16.2 Å². The van der Waals surface area contributed by atoms with Crippen LogP contribution >= 0.6 is 15.9 Å². The molecule has 0 saturated carbocycles. The predicted molar refractivity (Wildman–Crippen MR) is 103 cm³/mol. The molecule has 9 nitrogen and oxygen atoms in total. The number of amides is 4. The summed E-state index contributed by atoms with van der Waals surface area (Å²) in [6.07, 6.45) is 1.29. The molecule has 28 heavy (non-hydrogen) atoms. The van der Waals surface area contributed by atoms with Crippen molar-refractivity contribution in [3.05, 3.63) is 68.2 Å². The van der Waals surface area contributed by atoms with Crippen LogP contribution in [0.2, 0.25) is 0 Å². The standard InChI is InChI=1S/C18H12BrN3O6/c1-28-15-6-5-11(19)7-10(15)8-14-16(23)20-18(25)21(17(14)24)12-3-2-4-13(9-12)22(26)27/h2-9H,1H3,(H,20,23,25)/b14-8+. The molecule has 3 rings (SSSR count). The van der Waals surface area contributed by atoms with E-state index in [9.17, 15) is 24.5 Å². The van der Waals surface area contributed by atoms with Gasteiger partial charge in [-0.3, -0.25) is 25.0 Å². The monoisotopic (exact) mass is 445 g/mol. The van der Waals surface area contributed by atoms with Gasteiger partial charge in [-0.05, 0) is 30.3 Å². The Bertz CT molecular complexity index is 1050. The summed E-state index contributed by atoms with van der Waals surface area (Å²) < 4.78 is 5.91. The van der Waals surface area contributed by atoms with E-state index in [4.69, 9.17) is 4.74 Å². The highest BCUT2D eigenvalue weighted by Gasteiger charge is 2.37. The molecule has 0 unspecified atom stereocenters. The summed E-state index contributed by atoms with van der Waals surface area (Å²) in [5.41, 5.74) is -0.211. The fourth-order valence-corrected chi connectivity index (χ4v) is 2.99. The zero-order valence-electron chi connectivity index (χ0n) is 14.3. The molecule has 142 valence electrons. The molecule has 4 amide bonds. The Morgan fingerprint density at radius 1 is 1.18 bits per heavy atom. The van der Waals surface area contributed by atoms with Gasteiger partial charge in [0.2, 0.25) is 0 Å². The molecule has 0 aliphatic carbocycles. The molecule has 0 spiro atoms. The molecular weight excluding hydrogens is 434 g/mol. The fourth-order valence-electron chi connectivity index (χ4n) is 2.61. The van der Waals surface area contributed by atoms with Crippen molar-refractivity contribution in [2.75, 3.05) is 12.0 Å². The number of anilines is 1. The highest BCUT2D eigenvalue weighted by atomic mass is 79.9. The van der Waals surface area contributed by atoms with Crippen molar-refractivity contribution in [3.8, 4) is 5.75 Å². The smallest absolute Gasteiger partial charge is 0.335 e. The number of nitro benzene ring substituents is 1. The number of non-ortho nitro benzene ring substituents is 1. The Kier molecular flexibility index (Phi) is 5.23. The summed E-state index contributed by atoms with van der Waals surface area (Å²) >= 11 is 3.30. The number of carbonyl (C=O) groups is 3. The number of urea groups is 1. The van der Waals surface area contributed by atoms with E-state index in [1.807, 2.05) is 0 Å². The van der Waals surface area contributed by atoms with Crippen LogP contribution in [0.15, 0.2) is 52.5 Å². The number of nitrogens with zero attached hydrogens (tertiary/aromatic N) is 2. The molecule has 1 fully saturated rings. The molecule has 0 bridgehead atoms. The van der Waals surface area contributed by atoms with E-state index >= 15 is 0 Å². The van der Waals surface area contributed by atoms with Crippen LogP contribution in [0, 0.1) is 10.1 Å². The summed E-state index contributed by atoms with van der Waals surface area (Å²) in [7, 11) is 1.44.